The lowest BCUT2D eigenvalue weighted by Crippen LogP contribution is -2.48. The van der Waals surface area contributed by atoms with Crippen LogP contribution in [-0.2, 0) is 4.74 Å². The van der Waals surface area contributed by atoms with Crippen molar-refractivity contribution < 1.29 is 19.4 Å². The number of piperidine rings is 1. The first kappa shape index (κ1) is 21.0. The number of ether oxygens (including phenoxy) is 2. The monoisotopic (exact) mass is 375 g/mol. The van der Waals surface area contributed by atoms with E-state index in [1.54, 1.807) is 29.2 Å². The van der Waals surface area contributed by atoms with Crippen molar-refractivity contribution in [3.8, 4) is 11.8 Å². The first-order chi connectivity index (χ1) is 12.8. The first-order valence-electron chi connectivity index (χ1n) is 9.29. The van der Waals surface area contributed by atoms with E-state index in [-0.39, 0.29) is 18.7 Å². The third-order valence-electron chi connectivity index (χ3n) is 4.19. The van der Waals surface area contributed by atoms with Gasteiger partial charge in [0.15, 0.2) is 0 Å². The molecule has 0 aromatic heterocycles. The third kappa shape index (κ3) is 7.45. The van der Waals surface area contributed by atoms with Gasteiger partial charge in [0.1, 0.15) is 24.1 Å². The van der Waals surface area contributed by atoms with Gasteiger partial charge in [-0.25, -0.2) is 4.79 Å². The molecule has 0 aliphatic carbocycles. The fourth-order valence-electron chi connectivity index (χ4n) is 2.80. The van der Waals surface area contributed by atoms with E-state index in [1.807, 2.05) is 20.8 Å². The second kappa shape index (κ2) is 9.58. The Balaban J connectivity index is 1.66. The Bertz CT molecular complexity index is 658. The van der Waals surface area contributed by atoms with Crippen molar-refractivity contribution in [1.82, 2.24) is 10.2 Å². The number of nitrogens with zero attached hydrogens (tertiary/aromatic N) is 2. The van der Waals surface area contributed by atoms with Crippen molar-refractivity contribution in [3.63, 3.8) is 0 Å². The van der Waals surface area contributed by atoms with Crippen LogP contribution in [0.25, 0.3) is 0 Å². The van der Waals surface area contributed by atoms with Crippen LogP contribution in [0.4, 0.5) is 4.79 Å². The zero-order valence-corrected chi connectivity index (χ0v) is 16.3. The normalized spacial score (nSPS) is 16.5. The number of rotatable bonds is 6. The summed E-state index contributed by atoms with van der Waals surface area (Å²) in [6.07, 6.45) is 0.710. The average molecular weight is 375 g/mol. The van der Waals surface area contributed by atoms with E-state index < -0.39 is 11.7 Å². The smallest absolute Gasteiger partial charge is 0.410 e. The van der Waals surface area contributed by atoms with Crippen molar-refractivity contribution in [2.45, 2.75) is 51.4 Å². The van der Waals surface area contributed by atoms with E-state index in [1.165, 1.54) is 0 Å². The number of hydrogen-bond acceptors (Lipinski definition) is 6. The molecule has 2 N–H and O–H groups in total. The highest BCUT2D eigenvalue weighted by atomic mass is 16.6. The molecule has 1 aromatic carbocycles. The summed E-state index contributed by atoms with van der Waals surface area (Å²) in [6.45, 7) is 7.42. The van der Waals surface area contributed by atoms with Crippen molar-refractivity contribution in [1.29, 1.82) is 5.26 Å². The number of aliphatic hydroxyl groups is 1. The fraction of sp³-hybridized carbons (Fsp3) is 0.600. The number of amides is 1. The maximum atomic E-state index is 12.1. The molecule has 148 valence electrons. The van der Waals surface area contributed by atoms with Gasteiger partial charge in [-0.3, -0.25) is 0 Å². The van der Waals surface area contributed by atoms with Gasteiger partial charge >= 0.3 is 6.09 Å². The lowest BCUT2D eigenvalue weighted by Gasteiger charge is -2.34. The molecule has 0 bridgehead atoms. The van der Waals surface area contributed by atoms with Gasteiger partial charge in [0.25, 0.3) is 0 Å². The summed E-state index contributed by atoms with van der Waals surface area (Å²) in [6, 6.07) is 9.16. The Labute approximate surface area is 160 Å². The number of likely N-dealkylation sites (tertiary alicyclic amines) is 1. The summed E-state index contributed by atoms with van der Waals surface area (Å²) in [5.74, 6) is 0.568. The Morgan fingerprint density at radius 2 is 2.11 bits per heavy atom. The molecule has 1 saturated heterocycles. The molecule has 1 aromatic rings. The molecule has 1 atom stereocenters. The predicted octanol–water partition coefficient (Wildman–Crippen LogP) is 2.29. The van der Waals surface area contributed by atoms with Gasteiger partial charge in [-0.2, -0.15) is 5.26 Å². The van der Waals surface area contributed by atoms with E-state index in [0.717, 1.165) is 12.8 Å². The van der Waals surface area contributed by atoms with Crippen molar-refractivity contribution in [3.05, 3.63) is 29.8 Å². The minimum atomic E-state index is -0.653. The molecule has 7 heteroatoms. The Hall–Kier alpha value is -2.30. The molecule has 1 amide bonds. The Morgan fingerprint density at radius 3 is 2.74 bits per heavy atom. The van der Waals surface area contributed by atoms with E-state index >= 15 is 0 Å². The zero-order valence-electron chi connectivity index (χ0n) is 16.3. The minimum Gasteiger partial charge on any atom is -0.491 e. The number of nitriles is 1. The van der Waals surface area contributed by atoms with E-state index in [4.69, 9.17) is 14.7 Å². The number of aliphatic hydroxyl groups excluding tert-OH is 1. The van der Waals surface area contributed by atoms with E-state index in [0.29, 0.717) is 30.9 Å². The number of carbonyl (C=O) groups excluding carboxylic acids is 1. The minimum absolute atomic E-state index is 0.151. The van der Waals surface area contributed by atoms with Crippen LogP contribution < -0.4 is 10.1 Å². The maximum Gasteiger partial charge on any atom is 0.410 e. The largest absolute Gasteiger partial charge is 0.491 e. The predicted molar refractivity (Wildman–Crippen MR) is 101 cm³/mol. The molecule has 1 aliphatic rings. The lowest BCUT2D eigenvalue weighted by molar-refractivity contribution is 0.0192. The van der Waals surface area contributed by atoms with Crippen molar-refractivity contribution >= 4 is 6.09 Å². The quantitative estimate of drug-likeness (QED) is 0.792. The number of hydrogen-bond donors (Lipinski definition) is 2. The van der Waals surface area contributed by atoms with Crippen LogP contribution in [0.5, 0.6) is 5.75 Å². The molecule has 0 unspecified atom stereocenters. The van der Waals surface area contributed by atoms with Gasteiger partial charge in [-0.15, -0.1) is 0 Å². The van der Waals surface area contributed by atoms with Crippen molar-refractivity contribution in [2.75, 3.05) is 26.2 Å². The summed E-state index contributed by atoms with van der Waals surface area (Å²) >= 11 is 0. The molecule has 0 saturated carbocycles. The third-order valence-corrected chi connectivity index (χ3v) is 4.19. The van der Waals surface area contributed by atoms with Crippen LogP contribution in [0.3, 0.4) is 0 Å². The maximum absolute atomic E-state index is 12.1. The Morgan fingerprint density at radius 1 is 1.41 bits per heavy atom. The molecule has 7 nitrogen and oxygen atoms in total. The van der Waals surface area contributed by atoms with Crippen LogP contribution in [0.15, 0.2) is 24.3 Å². The number of benzene rings is 1. The van der Waals surface area contributed by atoms with E-state index in [2.05, 4.69) is 11.4 Å². The highest BCUT2D eigenvalue weighted by Crippen LogP contribution is 2.16. The molecular weight excluding hydrogens is 346 g/mol. The van der Waals surface area contributed by atoms with Crippen molar-refractivity contribution in [2.24, 2.45) is 0 Å². The van der Waals surface area contributed by atoms with Gasteiger partial charge in [-0.1, -0.05) is 6.07 Å². The zero-order chi connectivity index (χ0) is 19.9. The van der Waals surface area contributed by atoms with Gasteiger partial charge in [0, 0.05) is 25.7 Å². The molecule has 2 rings (SSSR count). The lowest BCUT2D eigenvalue weighted by atomic mass is 10.1. The highest BCUT2D eigenvalue weighted by molar-refractivity contribution is 5.68. The molecule has 1 fully saturated rings. The summed E-state index contributed by atoms with van der Waals surface area (Å²) in [5, 5.41) is 22.3. The SMILES string of the molecule is CC(C)(C)OC(=O)N1CCC(NC[C@H](O)COc2cccc(C#N)c2)CC1. The molecular formula is C20H29N3O4. The highest BCUT2D eigenvalue weighted by Gasteiger charge is 2.26. The molecule has 0 spiro atoms. The second-order valence-electron chi connectivity index (χ2n) is 7.75. The Kier molecular flexibility index (Phi) is 7.45. The number of carbonyl (C=O) groups is 1. The van der Waals surface area contributed by atoms with Crippen LogP contribution in [0.1, 0.15) is 39.2 Å². The number of nitrogens with one attached hydrogen (secondary N) is 1. The first-order valence-corrected chi connectivity index (χ1v) is 9.29. The second-order valence-corrected chi connectivity index (χ2v) is 7.75. The van der Waals surface area contributed by atoms with E-state index in [9.17, 15) is 9.90 Å². The summed E-state index contributed by atoms with van der Waals surface area (Å²) in [5.41, 5.74) is 0.0418. The van der Waals surface area contributed by atoms with Crippen LogP contribution in [0, 0.1) is 11.3 Å². The van der Waals surface area contributed by atoms with Gasteiger partial charge in [0.2, 0.25) is 0 Å². The summed E-state index contributed by atoms with van der Waals surface area (Å²) < 4.78 is 10.9. The van der Waals surface area contributed by atoms with Crippen LogP contribution in [-0.4, -0.2) is 60.1 Å². The topological polar surface area (TPSA) is 94.8 Å². The molecule has 1 heterocycles. The molecule has 1 aliphatic heterocycles. The standard InChI is InChI=1S/C20H29N3O4/c1-20(2,3)27-19(25)23-9-7-16(8-10-23)22-13-17(24)14-26-18-6-4-5-15(11-18)12-21/h4-6,11,16-17,22,24H,7-10,13-14H2,1-3H3/t17-/m0/s1. The molecule has 0 radical (unpaired) electrons. The fourth-order valence-corrected chi connectivity index (χ4v) is 2.80. The van der Waals surface area contributed by atoms with Crippen LogP contribution in [0.2, 0.25) is 0 Å². The average Bonchev–Trinajstić information content (AvgIpc) is 2.64. The van der Waals surface area contributed by atoms with Gasteiger partial charge < -0.3 is 24.8 Å². The summed E-state index contributed by atoms with van der Waals surface area (Å²) in [4.78, 5) is 13.8. The molecule has 27 heavy (non-hydrogen) atoms. The van der Waals surface area contributed by atoms with Gasteiger partial charge in [-0.05, 0) is 51.8 Å². The summed E-state index contributed by atoms with van der Waals surface area (Å²) in [7, 11) is 0. The van der Waals surface area contributed by atoms with Crippen LogP contribution >= 0.6 is 0 Å². The van der Waals surface area contributed by atoms with Gasteiger partial charge in [0.05, 0.1) is 11.6 Å².